The van der Waals surface area contributed by atoms with Crippen LogP contribution < -0.4 is 5.32 Å². The Morgan fingerprint density at radius 2 is 2.00 bits per heavy atom. The monoisotopic (exact) mass is 433 g/mol. The van der Waals surface area contributed by atoms with Gasteiger partial charge in [0.1, 0.15) is 10.6 Å². The number of nitrogens with zero attached hydrogens (tertiary/aromatic N) is 2. The van der Waals surface area contributed by atoms with E-state index >= 15 is 0 Å². The fraction of sp³-hybridized carbons (Fsp3) is 0.368. The highest BCUT2D eigenvalue weighted by Gasteiger charge is 2.31. The molecule has 1 amide bonds. The van der Waals surface area contributed by atoms with Gasteiger partial charge in [-0.15, -0.1) is 11.3 Å². The predicted octanol–water partition coefficient (Wildman–Crippen LogP) is 4.12. The van der Waals surface area contributed by atoms with Gasteiger partial charge in [0, 0.05) is 10.9 Å². The summed E-state index contributed by atoms with van der Waals surface area (Å²) >= 11 is 1.25. The minimum atomic E-state index is -0.852. The summed E-state index contributed by atoms with van der Waals surface area (Å²) in [5.74, 6) is -0.947. The number of esters is 1. The minimum Gasteiger partial charge on any atom is -0.462 e. The molecule has 1 aliphatic rings. The SMILES string of the molecule is CCOC(=O)c1c(NC(=O)c2ccc([N+](=O)[O-])cc2[N+](=O)[O-])sc2c1CCC(C)C2. The number of ether oxygens (including phenoxy) is 1. The Kier molecular flexibility index (Phi) is 6.11. The molecule has 30 heavy (non-hydrogen) atoms. The molecule has 1 N–H and O–H groups in total. The maximum atomic E-state index is 12.8. The summed E-state index contributed by atoms with van der Waals surface area (Å²) in [7, 11) is 0. The van der Waals surface area contributed by atoms with E-state index in [1.165, 1.54) is 11.3 Å². The number of hydrogen-bond acceptors (Lipinski definition) is 8. The van der Waals surface area contributed by atoms with Gasteiger partial charge < -0.3 is 10.1 Å². The van der Waals surface area contributed by atoms with Crippen LogP contribution in [0.5, 0.6) is 0 Å². The number of amides is 1. The van der Waals surface area contributed by atoms with Crippen molar-refractivity contribution in [1.29, 1.82) is 0 Å². The molecule has 0 aliphatic heterocycles. The standard InChI is InChI=1S/C19H19N3O7S/c1-3-29-19(24)16-13-6-4-10(2)8-15(13)30-18(16)20-17(23)12-7-5-11(21(25)26)9-14(12)22(27)28/h5,7,9-10H,3-4,6,8H2,1-2H3,(H,20,23). The summed E-state index contributed by atoms with van der Waals surface area (Å²) in [5.41, 5.74) is -0.396. The number of fused-ring (bicyclic) bond motifs is 1. The van der Waals surface area contributed by atoms with Gasteiger partial charge in [0.25, 0.3) is 17.3 Å². The van der Waals surface area contributed by atoms with Crippen LogP contribution in [0.2, 0.25) is 0 Å². The van der Waals surface area contributed by atoms with E-state index in [1.54, 1.807) is 6.92 Å². The first-order valence-corrected chi connectivity index (χ1v) is 10.1. The van der Waals surface area contributed by atoms with E-state index in [9.17, 15) is 29.8 Å². The molecular weight excluding hydrogens is 414 g/mol. The van der Waals surface area contributed by atoms with Gasteiger partial charge in [0.2, 0.25) is 0 Å². The molecule has 0 fully saturated rings. The number of carbonyl (C=O) groups excluding carboxylic acids is 2. The maximum absolute atomic E-state index is 12.8. The zero-order chi connectivity index (χ0) is 22.0. The second-order valence-corrected chi connectivity index (χ2v) is 8.05. The van der Waals surface area contributed by atoms with Crippen LogP contribution in [0.25, 0.3) is 0 Å². The third kappa shape index (κ3) is 4.15. The molecule has 11 heteroatoms. The molecule has 1 aliphatic carbocycles. The summed E-state index contributed by atoms with van der Waals surface area (Å²) in [5, 5.41) is 25.1. The Morgan fingerprint density at radius 1 is 1.27 bits per heavy atom. The first-order chi connectivity index (χ1) is 14.2. The van der Waals surface area contributed by atoms with Gasteiger partial charge in [0.05, 0.1) is 28.1 Å². The van der Waals surface area contributed by atoms with E-state index in [-0.39, 0.29) is 22.7 Å². The highest BCUT2D eigenvalue weighted by Crippen LogP contribution is 2.40. The van der Waals surface area contributed by atoms with Crippen molar-refractivity contribution in [2.45, 2.75) is 33.1 Å². The number of benzene rings is 1. The van der Waals surface area contributed by atoms with E-state index in [4.69, 9.17) is 4.74 Å². The third-order valence-corrected chi connectivity index (χ3v) is 6.02. The average molecular weight is 433 g/mol. The Hall–Kier alpha value is -3.34. The van der Waals surface area contributed by atoms with Crippen LogP contribution in [-0.2, 0) is 17.6 Å². The number of thiophene rings is 1. The zero-order valence-electron chi connectivity index (χ0n) is 16.3. The Morgan fingerprint density at radius 3 is 2.63 bits per heavy atom. The highest BCUT2D eigenvalue weighted by atomic mass is 32.1. The maximum Gasteiger partial charge on any atom is 0.341 e. The zero-order valence-corrected chi connectivity index (χ0v) is 17.1. The number of hydrogen-bond donors (Lipinski definition) is 1. The van der Waals surface area contributed by atoms with E-state index in [1.807, 2.05) is 0 Å². The van der Waals surface area contributed by atoms with Crippen LogP contribution in [0, 0.1) is 26.1 Å². The second-order valence-electron chi connectivity index (χ2n) is 6.95. The molecule has 0 bridgehead atoms. The highest BCUT2D eigenvalue weighted by molar-refractivity contribution is 7.17. The summed E-state index contributed by atoms with van der Waals surface area (Å²) in [4.78, 5) is 46.9. The van der Waals surface area contributed by atoms with Crippen LogP contribution in [0.4, 0.5) is 16.4 Å². The Bertz CT molecular complexity index is 1050. The lowest BCUT2D eigenvalue weighted by Gasteiger charge is -2.18. The molecule has 1 aromatic heterocycles. The minimum absolute atomic E-state index is 0.168. The van der Waals surface area contributed by atoms with Gasteiger partial charge in [-0.2, -0.15) is 0 Å². The van der Waals surface area contributed by atoms with Gasteiger partial charge in [-0.1, -0.05) is 6.92 Å². The number of nitro benzene ring substituents is 2. The number of rotatable bonds is 6. The lowest BCUT2D eigenvalue weighted by molar-refractivity contribution is -0.394. The number of nitro groups is 2. The number of anilines is 1. The molecule has 1 unspecified atom stereocenters. The molecule has 0 radical (unpaired) electrons. The Balaban J connectivity index is 2.00. The van der Waals surface area contributed by atoms with Crippen LogP contribution in [0.15, 0.2) is 18.2 Å². The van der Waals surface area contributed by atoms with Crippen molar-refractivity contribution in [2.75, 3.05) is 11.9 Å². The molecule has 1 atom stereocenters. The smallest absolute Gasteiger partial charge is 0.341 e. The van der Waals surface area contributed by atoms with Crippen molar-refractivity contribution in [1.82, 2.24) is 0 Å². The van der Waals surface area contributed by atoms with E-state index in [0.717, 1.165) is 41.5 Å². The fourth-order valence-corrected chi connectivity index (χ4v) is 4.80. The average Bonchev–Trinajstić information content (AvgIpc) is 3.04. The number of nitrogens with one attached hydrogen (secondary N) is 1. The summed E-state index contributed by atoms with van der Waals surface area (Å²) in [6.07, 6.45) is 2.34. The van der Waals surface area contributed by atoms with Crippen LogP contribution in [0.3, 0.4) is 0 Å². The molecule has 0 spiro atoms. The molecule has 0 saturated carbocycles. The molecule has 1 heterocycles. The van der Waals surface area contributed by atoms with Crippen molar-refractivity contribution in [2.24, 2.45) is 5.92 Å². The van der Waals surface area contributed by atoms with Gasteiger partial charge in [0.15, 0.2) is 0 Å². The van der Waals surface area contributed by atoms with E-state index < -0.39 is 33.1 Å². The molecular formula is C19H19N3O7S. The van der Waals surface area contributed by atoms with Gasteiger partial charge in [-0.05, 0) is 43.7 Å². The molecule has 10 nitrogen and oxygen atoms in total. The van der Waals surface area contributed by atoms with Crippen molar-refractivity contribution in [3.63, 3.8) is 0 Å². The van der Waals surface area contributed by atoms with Crippen LogP contribution in [0.1, 0.15) is 51.4 Å². The quantitative estimate of drug-likeness (QED) is 0.410. The molecule has 3 rings (SSSR count). The van der Waals surface area contributed by atoms with Crippen molar-refractivity contribution in [3.8, 4) is 0 Å². The lowest BCUT2D eigenvalue weighted by Crippen LogP contribution is -2.17. The van der Waals surface area contributed by atoms with Gasteiger partial charge >= 0.3 is 5.97 Å². The summed E-state index contributed by atoms with van der Waals surface area (Å²) in [6, 6.07) is 2.79. The molecule has 1 aromatic carbocycles. The topological polar surface area (TPSA) is 142 Å². The fourth-order valence-electron chi connectivity index (χ4n) is 3.41. The van der Waals surface area contributed by atoms with E-state index in [0.29, 0.717) is 12.3 Å². The van der Waals surface area contributed by atoms with Crippen molar-refractivity contribution >= 4 is 39.6 Å². The van der Waals surface area contributed by atoms with Crippen molar-refractivity contribution in [3.05, 3.63) is 60.0 Å². The van der Waals surface area contributed by atoms with Crippen LogP contribution >= 0.6 is 11.3 Å². The van der Waals surface area contributed by atoms with Crippen LogP contribution in [-0.4, -0.2) is 28.3 Å². The van der Waals surface area contributed by atoms with Crippen molar-refractivity contribution < 1.29 is 24.2 Å². The largest absolute Gasteiger partial charge is 0.462 e. The summed E-state index contributed by atoms with van der Waals surface area (Å²) < 4.78 is 5.14. The Labute approximate surface area is 175 Å². The third-order valence-electron chi connectivity index (χ3n) is 4.85. The molecule has 0 saturated heterocycles. The second kappa shape index (κ2) is 8.57. The first kappa shape index (κ1) is 21.4. The van der Waals surface area contributed by atoms with Gasteiger partial charge in [-0.25, -0.2) is 4.79 Å². The predicted molar refractivity (Wildman–Crippen MR) is 109 cm³/mol. The lowest BCUT2D eigenvalue weighted by atomic mass is 9.88. The summed E-state index contributed by atoms with van der Waals surface area (Å²) in [6.45, 7) is 3.95. The molecule has 158 valence electrons. The van der Waals surface area contributed by atoms with Gasteiger partial charge in [-0.3, -0.25) is 25.0 Å². The molecule has 2 aromatic rings. The van der Waals surface area contributed by atoms with E-state index in [2.05, 4.69) is 12.2 Å². The number of non-ortho nitro benzene ring substituents is 1. The number of carbonyl (C=O) groups is 2. The normalized spacial score (nSPS) is 15.2. The first-order valence-electron chi connectivity index (χ1n) is 9.28.